The highest BCUT2D eigenvalue weighted by Crippen LogP contribution is 2.09. The van der Waals surface area contributed by atoms with E-state index < -0.39 is 0 Å². The van der Waals surface area contributed by atoms with Crippen LogP contribution in [0.1, 0.15) is 10.7 Å². The molecule has 0 bridgehead atoms. The van der Waals surface area contributed by atoms with E-state index in [1.165, 1.54) is 0 Å². The molecule has 1 N–H and O–H groups in total. The second-order valence-electron chi connectivity index (χ2n) is 2.47. The average molecular weight is 196 g/mol. The molecule has 2 aromatic rings. The molecule has 0 saturated carbocycles. The lowest BCUT2D eigenvalue weighted by Gasteiger charge is -1.94. The van der Waals surface area contributed by atoms with Crippen LogP contribution >= 0.6 is 11.3 Å². The van der Waals surface area contributed by atoms with Gasteiger partial charge in [0.15, 0.2) is 5.82 Å². The summed E-state index contributed by atoms with van der Waals surface area (Å²) in [7, 11) is 0. The molecule has 2 rings (SSSR count). The number of rotatable bonds is 3. The van der Waals surface area contributed by atoms with Crippen LogP contribution in [0.25, 0.3) is 0 Å². The van der Waals surface area contributed by atoms with E-state index in [9.17, 15) is 0 Å². The van der Waals surface area contributed by atoms with Crippen molar-refractivity contribution in [3.63, 3.8) is 0 Å². The van der Waals surface area contributed by atoms with Crippen molar-refractivity contribution in [2.75, 3.05) is 5.32 Å². The average Bonchev–Trinajstić information content (AvgIpc) is 2.71. The monoisotopic (exact) mass is 196 g/mol. The van der Waals surface area contributed by atoms with E-state index in [1.807, 2.05) is 0 Å². The number of anilines is 1. The molecule has 0 fully saturated rings. The molecule has 6 heteroatoms. The number of thiazole rings is 1. The van der Waals surface area contributed by atoms with E-state index in [-0.39, 0.29) is 0 Å². The molecular formula is C7H8N4OS. The normalized spacial score (nSPS) is 10.2. The van der Waals surface area contributed by atoms with Gasteiger partial charge in [0.2, 0.25) is 0 Å². The summed E-state index contributed by atoms with van der Waals surface area (Å²) < 4.78 is 4.87. The van der Waals surface area contributed by atoms with Crippen LogP contribution in [0, 0.1) is 6.92 Å². The lowest BCUT2D eigenvalue weighted by molar-refractivity contribution is 0.425. The maximum Gasteiger partial charge on any atom is 0.321 e. The summed E-state index contributed by atoms with van der Waals surface area (Å²) in [6.07, 6.45) is 1.81. The van der Waals surface area contributed by atoms with E-state index in [0.29, 0.717) is 18.4 Å². The molecule has 0 atom stereocenters. The van der Waals surface area contributed by atoms with Gasteiger partial charge >= 0.3 is 6.01 Å². The molecule has 0 unspecified atom stereocenters. The molecule has 2 heterocycles. The predicted molar refractivity (Wildman–Crippen MR) is 48.5 cm³/mol. The topological polar surface area (TPSA) is 63.8 Å². The van der Waals surface area contributed by atoms with Gasteiger partial charge < -0.3 is 9.84 Å². The highest BCUT2D eigenvalue weighted by Gasteiger charge is 2.01. The Balaban J connectivity index is 1.93. The second kappa shape index (κ2) is 3.53. The summed E-state index contributed by atoms with van der Waals surface area (Å²) in [6, 6.07) is 0.450. The summed E-state index contributed by atoms with van der Waals surface area (Å²) in [6.45, 7) is 2.45. The van der Waals surface area contributed by atoms with Crippen LogP contribution in [0.5, 0.6) is 0 Å². The fraction of sp³-hybridized carbons (Fsp3) is 0.286. The van der Waals surface area contributed by atoms with Crippen LogP contribution in [0.15, 0.2) is 16.2 Å². The number of hydrogen-bond acceptors (Lipinski definition) is 6. The van der Waals surface area contributed by atoms with Gasteiger partial charge in [0.1, 0.15) is 0 Å². The van der Waals surface area contributed by atoms with Crippen molar-refractivity contribution in [1.82, 2.24) is 15.1 Å². The van der Waals surface area contributed by atoms with Crippen LogP contribution in [-0.2, 0) is 6.54 Å². The van der Waals surface area contributed by atoms with Crippen molar-refractivity contribution in [3.05, 3.63) is 22.4 Å². The fourth-order valence-electron chi connectivity index (χ4n) is 0.861. The Labute approximate surface area is 78.8 Å². The Morgan fingerprint density at radius 3 is 3.15 bits per heavy atom. The number of aryl methyl sites for hydroxylation is 1. The van der Waals surface area contributed by atoms with Gasteiger partial charge in [-0.05, 0) is 6.92 Å². The molecular weight excluding hydrogens is 188 g/mol. The Hall–Kier alpha value is -1.43. The zero-order valence-electron chi connectivity index (χ0n) is 7.02. The van der Waals surface area contributed by atoms with Crippen molar-refractivity contribution in [2.24, 2.45) is 0 Å². The third-order valence-corrected chi connectivity index (χ3v) is 2.20. The minimum absolute atomic E-state index is 0.450. The highest BCUT2D eigenvalue weighted by molar-refractivity contribution is 7.09. The largest absolute Gasteiger partial charge is 0.333 e. The van der Waals surface area contributed by atoms with Gasteiger partial charge in [-0.15, -0.1) is 11.3 Å². The SMILES string of the molecule is Cc1noc(NCc2cncs2)n1. The maximum absolute atomic E-state index is 4.87. The Kier molecular flexibility index (Phi) is 2.22. The third-order valence-electron chi connectivity index (χ3n) is 1.42. The van der Waals surface area contributed by atoms with E-state index in [0.717, 1.165) is 4.88 Å². The molecule has 0 aliphatic heterocycles. The number of nitrogens with one attached hydrogen (secondary N) is 1. The molecule has 0 aliphatic carbocycles. The molecule has 68 valence electrons. The van der Waals surface area contributed by atoms with E-state index in [4.69, 9.17) is 4.52 Å². The van der Waals surface area contributed by atoms with Crippen LogP contribution in [0.3, 0.4) is 0 Å². The van der Waals surface area contributed by atoms with Crippen molar-refractivity contribution < 1.29 is 4.52 Å². The summed E-state index contributed by atoms with van der Waals surface area (Å²) in [5, 5.41) is 6.65. The van der Waals surface area contributed by atoms with Crippen molar-refractivity contribution in [2.45, 2.75) is 13.5 Å². The van der Waals surface area contributed by atoms with Crippen LogP contribution < -0.4 is 5.32 Å². The molecule has 0 radical (unpaired) electrons. The molecule has 0 spiro atoms. The number of aromatic nitrogens is 3. The van der Waals surface area contributed by atoms with E-state index >= 15 is 0 Å². The lowest BCUT2D eigenvalue weighted by Crippen LogP contribution is -1.97. The summed E-state index contributed by atoms with van der Waals surface area (Å²) in [4.78, 5) is 9.09. The Bertz CT molecular complexity index is 370. The molecule has 0 aromatic carbocycles. The molecule has 13 heavy (non-hydrogen) atoms. The molecule has 2 aromatic heterocycles. The number of hydrogen-bond donors (Lipinski definition) is 1. The van der Waals surface area contributed by atoms with Crippen LogP contribution in [-0.4, -0.2) is 15.1 Å². The standard InChI is InChI=1S/C7H8N4OS/c1-5-10-7(12-11-5)9-3-6-2-8-4-13-6/h2,4H,3H2,1H3,(H,9,10,11). The highest BCUT2D eigenvalue weighted by atomic mass is 32.1. The van der Waals surface area contributed by atoms with Gasteiger partial charge in [-0.2, -0.15) is 4.98 Å². The van der Waals surface area contributed by atoms with Gasteiger partial charge in [-0.3, -0.25) is 4.98 Å². The molecule has 0 amide bonds. The van der Waals surface area contributed by atoms with E-state index in [2.05, 4.69) is 20.4 Å². The zero-order valence-corrected chi connectivity index (χ0v) is 7.84. The zero-order chi connectivity index (χ0) is 9.10. The first-order valence-corrected chi connectivity index (χ1v) is 4.64. The van der Waals surface area contributed by atoms with Gasteiger partial charge in [0.25, 0.3) is 0 Å². The second-order valence-corrected chi connectivity index (χ2v) is 3.44. The van der Waals surface area contributed by atoms with E-state index in [1.54, 1.807) is 30.0 Å². The van der Waals surface area contributed by atoms with Crippen molar-refractivity contribution in [1.29, 1.82) is 0 Å². The molecule has 5 nitrogen and oxygen atoms in total. The Morgan fingerprint density at radius 1 is 1.62 bits per heavy atom. The van der Waals surface area contributed by atoms with Crippen LogP contribution in [0.4, 0.5) is 6.01 Å². The van der Waals surface area contributed by atoms with Gasteiger partial charge in [0, 0.05) is 11.1 Å². The summed E-state index contributed by atoms with van der Waals surface area (Å²) >= 11 is 1.59. The first-order chi connectivity index (χ1) is 6.34. The fourth-order valence-corrected chi connectivity index (χ4v) is 1.40. The van der Waals surface area contributed by atoms with Crippen molar-refractivity contribution >= 4 is 17.4 Å². The quantitative estimate of drug-likeness (QED) is 0.804. The Morgan fingerprint density at radius 2 is 2.54 bits per heavy atom. The minimum atomic E-state index is 0.450. The molecule has 0 saturated heterocycles. The van der Waals surface area contributed by atoms with Gasteiger partial charge in [-0.1, -0.05) is 5.16 Å². The molecule has 0 aliphatic rings. The minimum Gasteiger partial charge on any atom is -0.333 e. The smallest absolute Gasteiger partial charge is 0.321 e. The van der Waals surface area contributed by atoms with Gasteiger partial charge in [0.05, 0.1) is 12.1 Å². The first kappa shape index (κ1) is 8.18. The first-order valence-electron chi connectivity index (χ1n) is 3.76. The lowest BCUT2D eigenvalue weighted by atomic mass is 10.5. The maximum atomic E-state index is 4.87. The van der Waals surface area contributed by atoms with Crippen molar-refractivity contribution in [3.8, 4) is 0 Å². The number of nitrogens with zero attached hydrogens (tertiary/aromatic N) is 3. The van der Waals surface area contributed by atoms with Crippen LogP contribution in [0.2, 0.25) is 0 Å². The predicted octanol–water partition coefficient (Wildman–Crippen LogP) is 1.45. The van der Waals surface area contributed by atoms with Gasteiger partial charge in [-0.25, -0.2) is 0 Å². The third kappa shape index (κ3) is 2.03. The summed E-state index contributed by atoms with van der Waals surface area (Å²) in [5.74, 6) is 0.631. The summed E-state index contributed by atoms with van der Waals surface area (Å²) in [5.41, 5.74) is 1.79.